The summed E-state index contributed by atoms with van der Waals surface area (Å²) in [6, 6.07) is 12.3. The summed E-state index contributed by atoms with van der Waals surface area (Å²) >= 11 is 7.16. The molecule has 0 spiro atoms. The topological polar surface area (TPSA) is 98.2 Å². The summed E-state index contributed by atoms with van der Waals surface area (Å²) in [5, 5.41) is 3.49. The maximum absolute atomic E-state index is 13.3. The lowest BCUT2D eigenvalue weighted by molar-refractivity contribution is -0.133. The first-order valence-electron chi connectivity index (χ1n) is 14.3. The number of rotatable bonds is 13. The molecule has 0 saturated carbocycles. The summed E-state index contributed by atoms with van der Waals surface area (Å²) in [5.74, 6) is -1.00. The minimum absolute atomic E-state index is 0.0980. The van der Waals surface area contributed by atoms with Gasteiger partial charge >= 0.3 is 0 Å². The van der Waals surface area contributed by atoms with Crippen LogP contribution in [0.3, 0.4) is 0 Å². The summed E-state index contributed by atoms with van der Waals surface area (Å²) in [6.07, 6.45) is 11.3. The van der Waals surface area contributed by atoms with Crippen molar-refractivity contribution >= 4 is 67.5 Å². The highest BCUT2D eigenvalue weighted by Gasteiger charge is 2.38. The first-order chi connectivity index (χ1) is 20.2. The Kier molecular flexibility index (Phi) is 11.0. The second kappa shape index (κ2) is 14.5. The highest BCUT2D eigenvalue weighted by Crippen LogP contribution is 2.49. The van der Waals surface area contributed by atoms with Crippen molar-refractivity contribution in [2.24, 2.45) is 0 Å². The SMILES string of the molecule is CCCCN1C(=O)C(=CC=CC=C2Sc3c(ccc4ccccc34)N2CCCCS(=O)(=O)O)C(=O)N(CCCC)C1=S. The molecule has 2 aromatic rings. The summed E-state index contributed by atoms with van der Waals surface area (Å²) in [7, 11) is -4.01. The van der Waals surface area contributed by atoms with E-state index in [1.807, 2.05) is 38.1 Å². The van der Waals surface area contributed by atoms with Gasteiger partial charge in [-0.1, -0.05) is 80.9 Å². The van der Waals surface area contributed by atoms with Crippen LogP contribution in [0.2, 0.25) is 0 Å². The second-order valence-corrected chi connectivity index (χ2v) is 13.2. The van der Waals surface area contributed by atoms with Gasteiger partial charge in [-0.15, -0.1) is 0 Å². The van der Waals surface area contributed by atoms with Crippen LogP contribution < -0.4 is 4.90 Å². The summed E-state index contributed by atoms with van der Waals surface area (Å²) < 4.78 is 31.5. The smallest absolute Gasteiger partial charge is 0.265 e. The minimum Gasteiger partial charge on any atom is -0.335 e. The summed E-state index contributed by atoms with van der Waals surface area (Å²) in [5.41, 5.74) is 1.13. The van der Waals surface area contributed by atoms with Crippen LogP contribution in [0.25, 0.3) is 10.8 Å². The number of fused-ring (bicyclic) bond motifs is 3. The van der Waals surface area contributed by atoms with Gasteiger partial charge in [0.2, 0.25) is 0 Å². The van der Waals surface area contributed by atoms with Gasteiger partial charge in [0, 0.05) is 24.5 Å². The molecule has 2 aliphatic rings. The second-order valence-electron chi connectivity index (χ2n) is 10.3. The monoisotopic (exact) mass is 627 g/mol. The molecule has 42 heavy (non-hydrogen) atoms. The van der Waals surface area contributed by atoms with Crippen molar-refractivity contribution in [3.63, 3.8) is 0 Å². The molecule has 2 aromatic carbocycles. The van der Waals surface area contributed by atoms with Crippen molar-refractivity contribution in [3.8, 4) is 0 Å². The molecule has 0 atom stereocenters. The number of anilines is 1. The van der Waals surface area contributed by atoms with E-state index in [0.717, 1.165) is 52.1 Å². The fraction of sp³-hybridized carbons (Fsp3) is 0.387. The maximum atomic E-state index is 13.3. The number of amides is 2. The lowest BCUT2D eigenvalue weighted by Gasteiger charge is -2.36. The Labute approximate surface area is 257 Å². The zero-order valence-corrected chi connectivity index (χ0v) is 26.4. The lowest BCUT2D eigenvalue weighted by atomic mass is 10.1. The van der Waals surface area contributed by atoms with E-state index >= 15 is 0 Å². The first-order valence-corrected chi connectivity index (χ1v) is 17.2. The van der Waals surface area contributed by atoms with Gasteiger partial charge in [0.1, 0.15) is 5.57 Å². The van der Waals surface area contributed by atoms with Gasteiger partial charge in [0.25, 0.3) is 21.9 Å². The number of benzene rings is 2. The van der Waals surface area contributed by atoms with Gasteiger partial charge in [0.05, 0.1) is 16.5 Å². The normalized spacial score (nSPS) is 16.9. The highest BCUT2D eigenvalue weighted by atomic mass is 32.2. The average molecular weight is 628 g/mol. The number of nitrogens with zero attached hydrogens (tertiary/aromatic N) is 3. The standard InChI is InChI=1S/C31H37N3O5S3/c1-3-5-19-33-29(35)25(30(36)34(31(33)40)20-6-4-2)15-9-10-16-27-32(21-11-12-22-42(37,38)39)26-18-17-23-13-7-8-14-24(23)28(26)41-27/h7-10,13-18H,3-6,11-12,19-22H2,1-2H3,(H,37,38,39). The average Bonchev–Trinajstić information content (AvgIpc) is 3.32. The molecule has 0 unspecified atom stereocenters. The van der Waals surface area contributed by atoms with E-state index in [0.29, 0.717) is 32.5 Å². The van der Waals surface area contributed by atoms with Gasteiger partial charge in [-0.25, -0.2) is 0 Å². The van der Waals surface area contributed by atoms with Gasteiger partial charge in [-0.05, 0) is 66.9 Å². The van der Waals surface area contributed by atoms with E-state index in [1.54, 1.807) is 23.9 Å². The summed E-state index contributed by atoms with van der Waals surface area (Å²) in [4.78, 5) is 32.9. The van der Waals surface area contributed by atoms with Crippen LogP contribution in [0.4, 0.5) is 5.69 Å². The van der Waals surface area contributed by atoms with Crippen molar-refractivity contribution in [3.05, 3.63) is 71.3 Å². The number of carbonyl (C=O) groups is 2. The van der Waals surface area contributed by atoms with Crippen molar-refractivity contribution < 1.29 is 22.6 Å². The van der Waals surface area contributed by atoms with Crippen molar-refractivity contribution in [2.45, 2.75) is 57.3 Å². The molecule has 8 nitrogen and oxygen atoms in total. The Morgan fingerprint density at radius 3 is 2.10 bits per heavy atom. The van der Waals surface area contributed by atoms with Gasteiger partial charge in [-0.2, -0.15) is 8.42 Å². The predicted octanol–water partition coefficient (Wildman–Crippen LogP) is 6.30. The molecule has 1 N–H and O–H groups in total. The Bertz CT molecular complexity index is 1520. The Hall–Kier alpha value is -2.99. The third-order valence-corrected chi connectivity index (χ3v) is 9.60. The molecule has 2 amide bonds. The quantitative estimate of drug-likeness (QED) is 0.0909. The molecule has 11 heteroatoms. The highest BCUT2D eigenvalue weighted by molar-refractivity contribution is 8.04. The van der Waals surface area contributed by atoms with Gasteiger partial charge in [0.15, 0.2) is 5.11 Å². The van der Waals surface area contributed by atoms with Crippen molar-refractivity contribution in [1.82, 2.24) is 9.80 Å². The van der Waals surface area contributed by atoms with Gasteiger partial charge < -0.3 is 4.90 Å². The molecule has 1 saturated heterocycles. The van der Waals surface area contributed by atoms with Crippen LogP contribution in [0, 0.1) is 0 Å². The third-order valence-electron chi connectivity index (χ3n) is 7.15. The largest absolute Gasteiger partial charge is 0.335 e. The number of thioether (sulfide) groups is 1. The number of thiocarbonyl (C=S) groups is 1. The molecule has 0 aromatic heterocycles. The van der Waals surface area contributed by atoms with E-state index in [-0.39, 0.29) is 28.3 Å². The molecule has 2 heterocycles. The van der Waals surface area contributed by atoms with Crippen molar-refractivity contribution in [1.29, 1.82) is 0 Å². The molecule has 0 radical (unpaired) electrons. The minimum atomic E-state index is -4.01. The molecule has 4 rings (SSSR count). The molecular weight excluding hydrogens is 591 g/mol. The van der Waals surface area contributed by atoms with Crippen LogP contribution >= 0.6 is 24.0 Å². The first kappa shape index (κ1) is 31.9. The fourth-order valence-corrected chi connectivity index (χ4v) is 7.05. The van der Waals surface area contributed by atoms with Crippen LogP contribution in [0.5, 0.6) is 0 Å². The van der Waals surface area contributed by atoms with E-state index in [9.17, 15) is 18.0 Å². The van der Waals surface area contributed by atoms with Crippen LogP contribution in [-0.2, 0) is 19.7 Å². The van der Waals surface area contributed by atoms with E-state index in [4.69, 9.17) is 16.8 Å². The van der Waals surface area contributed by atoms with Crippen LogP contribution in [-0.4, -0.2) is 65.1 Å². The zero-order chi connectivity index (χ0) is 30.3. The summed E-state index contributed by atoms with van der Waals surface area (Å²) in [6.45, 7) is 5.62. The zero-order valence-electron chi connectivity index (χ0n) is 24.0. The Morgan fingerprint density at radius 2 is 1.45 bits per heavy atom. The predicted molar refractivity (Wildman–Crippen MR) is 174 cm³/mol. The Morgan fingerprint density at radius 1 is 0.833 bits per heavy atom. The van der Waals surface area contributed by atoms with Gasteiger partial charge in [-0.3, -0.25) is 23.9 Å². The van der Waals surface area contributed by atoms with Crippen LogP contribution in [0.1, 0.15) is 52.4 Å². The van der Waals surface area contributed by atoms with Crippen molar-refractivity contribution in [2.75, 3.05) is 30.3 Å². The fourth-order valence-electron chi connectivity index (χ4n) is 4.90. The van der Waals surface area contributed by atoms with E-state index < -0.39 is 10.1 Å². The number of allylic oxidation sites excluding steroid dienone is 4. The molecule has 0 bridgehead atoms. The number of hydrogen-bond donors (Lipinski definition) is 1. The lowest BCUT2D eigenvalue weighted by Crippen LogP contribution is -2.56. The van der Waals surface area contributed by atoms with E-state index in [1.165, 1.54) is 9.80 Å². The van der Waals surface area contributed by atoms with E-state index in [2.05, 4.69) is 29.2 Å². The number of unbranched alkanes of at least 4 members (excludes halogenated alkanes) is 3. The maximum Gasteiger partial charge on any atom is 0.265 e. The number of carbonyl (C=O) groups excluding carboxylic acids is 2. The molecule has 2 aliphatic heterocycles. The molecule has 1 fully saturated rings. The van der Waals surface area contributed by atoms with Crippen LogP contribution in [0.15, 0.2) is 76.2 Å². The number of hydrogen-bond acceptors (Lipinski definition) is 7. The Balaban J connectivity index is 1.60. The molecule has 224 valence electrons. The molecule has 0 aliphatic carbocycles. The molecular formula is C31H37N3O5S3. The third kappa shape index (κ3) is 7.50.